The van der Waals surface area contributed by atoms with Crippen molar-refractivity contribution in [2.24, 2.45) is 0 Å². The molecule has 0 spiro atoms. The Morgan fingerprint density at radius 1 is 1.12 bits per heavy atom. The maximum atomic E-state index is 13.1. The van der Waals surface area contributed by atoms with Crippen LogP contribution < -0.4 is 4.74 Å². The summed E-state index contributed by atoms with van der Waals surface area (Å²) in [5, 5.41) is 0.374. The zero-order chi connectivity index (χ0) is 18.6. The second kappa shape index (κ2) is 8.35. The van der Waals surface area contributed by atoms with Gasteiger partial charge >= 0.3 is 0 Å². The molecule has 1 aliphatic rings. The number of hydrogen-bond acceptors (Lipinski definition) is 5. The summed E-state index contributed by atoms with van der Waals surface area (Å²) in [6.07, 6.45) is 4.32. The van der Waals surface area contributed by atoms with E-state index in [1.165, 1.54) is 23.0 Å². The van der Waals surface area contributed by atoms with Crippen LogP contribution in [0.3, 0.4) is 0 Å². The molecule has 26 heavy (non-hydrogen) atoms. The number of aromatic nitrogens is 1. The maximum Gasteiger partial charge on any atom is 0.246 e. The first-order valence-corrected chi connectivity index (χ1v) is 10.3. The van der Waals surface area contributed by atoms with E-state index in [4.69, 9.17) is 16.3 Å². The van der Waals surface area contributed by atoms with Crippen molar-refractivity contribution < 1.29 is 13.2 Å². The van der Waals surface area contributed by atoms with Crippen molar-refractivity contribution in [1.29, 1.82) is 0 Å². The average molecular weight is 396 g/mol. The van der Waals surface area contributed by atoms with Gasteiger partial charge in [-0.3, -0.25) is 9.88 Å². The van der Waals surface area contributed by atoms with Gasteiger partial charge in [0.1, 0.15) is 10.6 Å². The Labute approximate surface area is 159 Å². The van der Waals surface area contributed by atoms with Gasteiger partial charge in [0.05, 0.1) is 7.11 Å². The Bertz CT molecular complexity index is 846. The molecule has 6 nitrogen and oxygen atoms in total. The van der Waals surface area contributed by atoms with Crippen molar-refractivity contribution >= 4 is 21.6 Å². The number of nitrogens with zero attached hydrogens (tertiary/aromatic N) is 3. The lowest BCUT2D eigenvalue weighted by Gasteiger charge is -2.22. The Morgan fingerprint density at radius 3 is 2.62 bits per heavy atom. The van der Waals surface area contributed by atoms with Crippen molar-refractivity contribution in [3.8, 4) is 5.75 Å². The monoisotopic (exact) mass is 395 g/mol. The predicted molar refractivity (Wildman–Crippen MR) is 101 cm³/mol. The molecule has 3 rings (SSSR count). The van der Waals surface area contributed by atoms with E-state index < -0.39 is 10.0 Å². The Morgan fingerprint density at radius 2 is 1.88 bits per heavy atom. The van der Waals surface area contributed by atoms with E-state index in [1.54, 1.807) is 24.5 Å². The van der Waals surface area contributed by atoms with Gasteiger partial charge in [-0.1, -0.05) is 11.6 Å². The quantitative estimate of drug-likeness (QED) is 0.778. The molecule has 1 aromatic carbocycles. The summed E-state index contributed by atoms with van der Waals surface area (Å²) < 4.78 is 32.9. The van der Waals surface area contributed by atoms with Crippen LogP contribution >= 0.6 is 11.6 Å². The number of benzene rings is 1. The number of hydrogen-bond donors (Lipinski definition) is 0. The van der Waals surface area contributed by atoms with Crippen LogP contribution in [0.15, 0.2) is 47.6 Å². The highest BCUT2D eigenvalue weighted by Gasteiger charge is 2.29. The molecule has 1 saturated heterocycles. The minimum atomic E-state index is -3.66. The highest BCUT2D eigenvalue weighted by molar-refractivity contribution is 7.89. The van der Waals surface area contributed by atoms with E-state index in [1.807, 2.05) is 12.1 Å². The van der Waals surface area contributed by atoms with Crippen LogP contribution in [-0.2, 0) is 16.6 Å². The Balaban J connectivity index is 1.75. The fourth-order valence-electron chi connectivity index (χ4n) is 3.08. The lowest BCUT2D eigenvalue weighted by molar-refractivity contribution is 0.278. The van der Waals surface area contributed by atoms with Crippen molar-refractivity contribution in [2.75, 3.05) is 33.3 Å². The molecule has 0 saturated carbocycles. The third-order valence-corrected chi connectivity index (χ3v) is 6.60. The first kappa shape index (κ1) is 19.1. The van der Waals surface area contributed by atoms with Gasteiger partial charge in [-0.05, 0) is 48.9 Å². The van der Waals surface area contributed by atoms with E-state index in [2.05, 4.69) is 9.88 Å². The van der Waals surface area contributed by atoms with Gasteiger partial charge < -0.3 is 4.74 Å². The summed E-state index contributed by atoms with van der Waals surface area (Å²) >= 11 is 6.01. The highest BCUT2D eigenvalue weighted by atomic mass is 35.5. The summed E-state index contributed by atoms with van der Waals surface area (Å²) in [4.78, 5) is 6.41. The Hall–Kier alpha value is -1.67. The van der Waals surface area contributed by atoms with Gasteiger partial charge in [0, 0.05) is 43.6 Å². The molecule has 2 heterocycles. The minimum absolute atomic E-state index is 0.120. The lowest BCUT2D eigenvalue weighted by Crippen LogP contribution is -2.35. The number of sulfonamides is 1. The highest BCUT2D eigenvalue weighted by Crippen LogP contribution is 2.30. The van der Waals surface area contributed by atoms with E-state index >= 15 is 0 Å². The first-order valence-electron chi connectivity index (χ1n) is 8.45. The lowest BCUT2D eigenvalue weighted by atomic mass is 10.2. The smallest absolute Gasteiger partial charge is 0.246 e. The molecule has 140 valence electrons. The molecule has 0 amide bonds. The van der Waals surface area contributed by atoms with E-state index in [0.29, 0.717) is 30.4 Å². The predicted octanol–water partition coefficient (Wildman–Crippen LogP) is 2.64. The summed E-state index contributed by atoms with van der Waals surface area (Å²) in [5.74, 6) is 0.312. The average Bonchev–Trinajstić information content (AvgIpc) is 2.88. The fourth-order valence-corrected chi connectivity index (χ4v) is 4.97. The molecular weight excluding hydrogens is 374 g/mol. The van der Waals surface area contributed by atoms with Crippen LogP contribution in [-0.4, -0.2) is 55.9 Å². The second-order valence-electron chi connectivity index (χ2n) is 6.18. The molecule has 0 radical (unpaired) electrons. The van der Waals surface area contributed by atoms with E-state index in [9.17, 15) is 8.42 Å². The SMILES string of the molecule is COc1ccc(Cl)cc1S(=O)(=O)N1CCCN(Cc2ccncc2)CC1. The van der Waals surface area contributed by atoms with E-state index in [-0.39, 0.29) is 4.90 Å². The van der Waals surface area contributed by atoms with Crippen molar-refractivity contribution in [1.82, 2.24) is 14.2 Å². The third-order valence-electron chi connectivity index (χ3n) is 4.45. The summed E-state index contributed by atoms with van der Waals surface area (Å²) in [6, 6.07) is 8.63. The molecule has 8 heteroatoms. The van der Waals surface area contributed by atoms with Crippen LogP contribution in [0.5, 0.6) is 5.75 Å². The topological polar surface area (TPSA) is 62.7 Å². The fraction of sp³-hybridized carbons (Fsp3) is 0.389. The largest absolute Gasteiger partial charge is 0.495 e. The van der Waals surface area contributed by atoms with Crippen LogP contribution in [0.4, 0.5) is 0 Å². The van der Waals surface area contributed by atoms with E-state index in [0.717, 1.165) is 19.5 Å². The molecule has 0 N–H and O–H groups in total. The molecule has 2 aromatic rings. The number of rotatable bonds is 5. The van der Waals surface area contributed by atoms with Gasteiger partial charge in [0.2, 0.25) is 10.0 Å². The van der Waals surface area contributed by atoms with Crippen molar-refractivity contribution in [3.05, 3.63) is 53.3 Å². The van der Waals surface area contributed by atoms with Gasteiger partial charge in [-0.2, -0.15) is 4.31 Å². The third kappa shape index (κ3) is 4.35. The number of methoxy groups -OCH3 is 1. The minimum Gasteiger partial charge on any atom is -0.495 e. The summed E-state index contributed by atoms with van der Waals surface area (Å²) in [5.41, 5.74) is 1.17. The molecule has 0 unspecified atom stereocenters. The first-order chi connectivity index (χ1) is 12.5. The molecule has 0 bridgehead atoms. The van der Waals surface area contributed by atoms with Crippen LogP contribution in [0.25, 0.3) is 0 Å². The number of ether oxygens (including phenoxy) is 1. The second-order valence-corrected chi connectivity index (χ2v) is 8.53. The standard InChI is InChI=1S/C18H22ClN3O3S/c1-25-17-4-3-16(19)13-18(17)26(23,24)22-10-2-9-21(11-12-22)14-15-5-7-20-8-6-15/h3-8,13H,2,9-12,14H2,1H3. The summed E-state index contributed by atoms with van der Waals surface area (Å²) in [7, 11) is -2.20. The molecule has 1 aromatic heterocycles. The Kier molecular flexibility index (Phi) is 6.13. The van der Waals surface area contributed by atoms with Gasteiger partial charge in [0.25, 0.3) is 0 Å². The maximum absolute atomic E-state index is 13.1. The normalized spacial score (nSPS) is 17.0. The zero-order valence-corrected chi connectivity index (χ0v) is 16.2. The van der Waals surface area contributed by atoms with Gasteiger partial charge in [-0.15, -0.1) is 0 Å². The zero-order valence-electron chi connectivity index (χ0n) is 14.6. The molecule has 0 atom stereocenters. The molecule has 0 aliphatic carbocycles. The van der Waals surface area contributed by atoms with Crippen molar-refractivity contribution in [3.63, 3.8) is 0 Å². The number of pyridine rings is 1. The van der Waals surface area contributed by atoms with Crippen LogP contribution in [0.1, 0.15) is 12.0 Å². The summed E-state index contributed by atoms with van der Waals surface area (Å²) in [6.45, 7) is 3.22. The van der Waals surface area contributed by atoms with Gasteiger partial charge in [-0.25, -0.2) is 8.42 Å². The number of halogens is 1. The molecule has 1 fully saturated rings. The van der Waals surface area contributed by atoms with Crippen LogP contribution in [0, 0.1) is 0 Å². The van der Waals surface area contributed by atoms with Crippen LogP contribution in [0.2, 0.25) is 5.02 Å². The van der Waals surface area contributed by atoms with Crippen molar-refractivity contribution in [2.45, 2.75) is 17.9 Å². The van der Waals surface area contributed by atoms with Gasteiger partial charge in [0.15, 0.2) is 0 Å². The molecule has 1 aliphatic heterocycles. The molecular formula is C18H22ClN3O3S.